The molecular formula is C17H22N2S. The third-order valence-electron chi connectivity index (χ3n) is 4.03. The van der Waals surface area contributed by atoms with Crippen LogP contribution in [0.1, 0.15) is 35.9 Å². The van der Waals surface area contributed by atoms with E-state index in [0.717, 1.165) is 19.5 Å². The smallest absolute Gasteiger partial charge is 0.0529 e. The van der Waals surface area contributed by atoms with E-state index >= 15 is 0 Å². The Balaban J connectivity index is 1.95. The number of hydrogen-bond acceptors (Lipinski definition) is 3. The number of thiophene rings is 1. The molecule has 0 saturated carbocycles. The molecule has 2 heterocycles. The highest BCUT2D eigenvalue weighted by molar-refractivity contribution is 7.09. The monoisotopic (exact) mass is 286 g/mol. The second kappa shape index (κ2) is 5.32. The summed E-state index contributed by atoms with van der Waals surface area (Å²) in [7, 11) is 0. The number of benzene rings is 1. The molecule has 2 N–H and O–H groups in total. The lowest BCUT2D eigenvalue weighted by Gasteiger charge is -2.44. The number of rotatable bonds is 3. The molecule has 1 aliphatic rings. The summed E-state index contributed by atoms with van der Waals surface area (Å²) in [5.41, 5.74) is 9.13. The van der Waals surface area contributed by atoms with Crippen LogP contribution in [0.2, 0.25) is 0 Å². The van der Waals surface area contributed by atoms with Gasteiger partial charge in [0.15, 0.2) is 0 Å². The molecule has 3 heteroatoms. The fourth-order valence-corrected chi connectivity index (χ4v) is 3.99. The Bertz CT molecular complexity index is 569. The second-order valence-corrected chi connectivity index (χ2v) is 7.25. The maximum Gasteiger partial charge on any atom is 0.0529 e. The standard InChI is InChI=1S/C17H22N2S/c1-17(2,18)16-15-8-4-3-6-13(15)9-10-19(16)12-14-7-5-11-20-14/h3-8,11,16H,9-10,12,18H2,1-2H3. The average Bonchev–Trinajstić information content (AvgIpc) is 2.90. The molecule has 1 aromatic carbocycles. The van der Waals surface area contributed by atoms with Gasteiger partial charge >= 0.3 is 0 Å². The fourth-order valence-electron chi connectivity index (χ4n) is 3.26. The highest BCUT2D eigenvalue weighted by Gasteiger charge is 2.36. The van der Waals surface area contributed by atoms with Crippen LogP contribution in [0.5, 0.6) is 0 Å². The molecule has 2 aromatic rings. The number of nitrogens with zero attached hydrogens (tertiary/aromatic N) is 1. The molecule has 0 fully saturated rings. The Hall–Kier alpha value is -1.16. The van der Waals surface area contributed by atoms with Crippen LogP contribution in [0.3, 0.4) is 0 Å². The first kappa shape index (κ1) is 13.8. The molecule has 1 aromatic heterocycles. The van der Waals surface area contributed by atoms with Crippen LogP contribution in [-0.2, 0) is 13.0 Å². The molecule has 1 unspecified atom stereocenters. The van der Waals surface area contributed by atoms with Crippen molar-refractivity contribution in [3.8, 4) is 0 Å². The summed E-state index contributed by atoms with van der Waals surface area (Å²) < 4.78 is 0. The second-order valence-electron chi connectivity index (χ2n) is 6.22. The van der Waals surface area contributed by atoms with Crippen molar-refractivity contribution in [2.24, 2.45) is 5.73 Å². The van der Waals surface area contributed by atoms with Crippen LogP contribution in [-0.4, -0.2) is 17.0 Å². The van der Waals surface area contributed by atoms with Crippen LogP contribution >= 0.6 is 11.3 Å². The Labute approximate surface area is 125 Å². The number of hydrogen-bond donors (Lipinski definition) is 1. The van der Waals surface area contributed by atoms with Crippen molar-refractivity contribution in [1.29, 1.82) is 0 Å². The number of nitrogens with two attached hydrogens (primary N) is 1. The lowest BCUT2D eigenvalue weighted by atomic mass is 9.82. The molecule has 0 saturated heterocycles. The van der Waals surface area contributed by atoms with Gasteiger partial charge in [0.2, 0.25) is 0 Å². The molecular weight excluding hydrogens is 264 g/mol. The fraction of sp³-hybridized carbons (Fsp3) is 0.412. The quantitative estimate of drug-likeness (QED) is 0.934. The maximum absolute atomic E-state index is 6.51. The molecule has 0 amide bonds. The lowest BCUT2D eigenvalue weighted by molar-refractivity contribution is 0.119. The minimum Gasteiger partial charge on any atom is -0.324 e. The van der Waals surface area contributed by atoms with Gasteiger partial charge in [0, 0.05) is 23.5 Å². The van der Waals surface area contributed by atoms with Crippen LogP contribution in [0, 0.1) is 0 Å². The van der Waals surface area contributed by atoms with Crippen LogP contribution in [0.4, 0.5) is 0 Å². The first-order valence-corrected chi connectivity index (χ1v) is 8.07. The first-order chi connectivity index (χ1) is 9.55. The minimum atomic E-state index is -0.242. The van der Waals surface area contributed by atoms with Gasteiger partial charge in [-0.2, -0.15) is 0 Å². The zero-order valence-electron chi connectivity index (χ0n) is 12.2. The first-order valence-electron chi connectivity index (χ1n) is 7.19. The van der Waals surface area contributed by atoms with Crippen molar-refractivity contribution in [3.05, 3.63) is 57.8 Å². The molecule has 20 heavy (non-hydrogen) atoms. The number of fused-ring (bicyclic) bond motifs is 1. The third kappa shape index (κ3) is 2.66. The summed E-state index contributed by atoms with van der Waals surface area (Å²) in [4.78, 5) is 3.95. The molecule has 0 bridgehead atoms. The molecule has 1 atom stereocenters. The van der Waals surface area contributed by atoms with Crippen molar-refractivity contribution in [3.63, 3.8) is 0 Å². The van der Waals surface area contributed by atoms with Crippen molar-refractivity contribution in [1.82, 2.24) is 4.90 Å². The van der Waals surface area contributed by atoms with Gasteiger partial charge < -0.3 is 5.73 Å². The van der Waals surface area contributed by atoms with Gasteiger partial charge in [0.05, 0.1) is 6.04 Å². The summed E-state index contributed by atoms with van der Waals surface area (Å²) in [5, 5.41) is 2.15. The molecule has 0 aliphatic carbocycles. The van der Waals surface area contributed by atoms with Crippen molar-refractivity contribution >= 4 is 11.3 Å². The summed E-state index contributed by atoms with van der Waals surface area (Å²) in [6, 6.07) is 13.4. The van der Waals surface area contributed by atoms with E-state index in [1.807, 2.05) is 11.3 Å². The summed E-state index contributed by atoms with van der Waals surface area (Å²) in [6.07, 6.45) is 1.12. The van der Waals surface area contributed by atoms with Gasteiger partial charge in [-0.3, -0.25) is 4.90 Å². The highest BCUT2D eigenvalue weighted by Crippen LogP contribution is 2.37. The predicted octanol–water partition coefficient (Wildman–Crippen LogP) is 3.58. The van der Waals surface area contributed by atoms with Crippen molar-refractivity contribution in [2.45, 2.75) is 38.4 Å². The van der Waals surface area contributed by atoms with E-state index in [1.54, 1.807) is 0 Å². The van der Waals surface area contributed by atoms with Crippen LogP contribution < -0.4 is 5.73 Å². The zero-order chi connectivity index (χ0) is 14.2. The van der Waals surface area contributed by atoms with E-state index in [4.69, 9.17) is 5.73 Å². The SMILES string of the molecule is CC(C)(N)C1c2ccccc2CCN1Cc1cccs1. The maximum atomic E-state index is 6.51. The predicted molar refractivity (Wildman–Crippen MR) is 85.9 cm³/mol. The Kier molecular flexibility index (Phi) is 3.67. The largest absolute Gasteiger partial charge is 0.324 e. The van der Waals surface area contributed by atoms with Gasteiger partial charge in [0.25, 0.3) is 0 Å². The van der Waals surface area contributed by atoms with E-state index < -0.39 is 0 Å². The van der Waals surface area contributed by atoms with E-state index in [1.165, 1.54) is 16.0 Å². The normalized spacial score (nSPS) is 19.9. The van der Waals surface area contributed by atoms with E-state index in [2.05, 4.69) is 60.5 Å². The van der Waals surface area contributed by atoms with Gasteiger partial charge in [-0.1, -0.05) is 30.3 Å². The lowest BCUT2D eigenvalue weighted by Crippen LogP contribution is -2.50. The van der Waals surface area contributed by atoms with Crippen LogP contribution in [0.15, 0.2) is 41.8 Å². The summed E-state index contributed by atoms with van der Waals surface area (Å²) in [6.45, 7) is 6.36. The Morgan fingerprint density at radius 1 is 1.25 bits per heavy atom. The van der Waals surface area contributed by atoms with Gasteiger partial charge in [-0.15, -0.1) is 11.3 Å². The van der Waals surface area contributed by atoms with Crippen LogP contribution in [0.25, 0.3) is 0 Å². The van der Waals surface area contributed by atoms with Crippen molar-refractivity contribution < 1.29 is 0 Å². The molecule has 2 nitrogen and oxygen atoms in total. The Morgan fingerprint density at radius 3 is 2.75 bits per heavy atom. The molecule has 1 aliphatic heterocycles. The molecule has 3 rings (SSSR count). The van der Waals surface area contributed by atoms with E-state index in [0.29, 0.717) is 0 Å². The van der Waals surface area contributed by atoms with Gasteiger partial charge in [0.1, 0.15) is 0 Å². The highest BCUT2D eigenvalue weighted by atomic mass is 32.1. The van der Waals surface area contributed by atoms with Gasteiger partial charge in [-0.05, 0) is 42.8 Å². The summed E-state index contributed by atoms with van der Waals surface area (Å²) >= 11 is 1.83. The molecule has 0 radical (unpaired) electrons. The minimum absolute atomic E-state index is 0.242. The zero-order valence-corrected chi connectivity index (χ0v) is 13.0. The van der Waals surface area contributed by atoms with E-state index in [9.17, 15) is 0 Å². The van der Waals surface area contributed by atoms with E-state index in [-0.39, 0.29) is 11.6 Å². The Morgan fingerprint density at radius 2 is 2.05 bits per heavy atom. The third-order valence-corrected chi connectivity index (χ3v) is 4.89. The van der Waals surface area contributed by atoms with Crippen molar-refractivity contribution in [2.75, 3.05) is 6.54 Å². The molecule has 106 valence electrons. The average molecular weight is 286 g/mol. The summed E-state index contributed by atoms with van der Waals surface area (Å²) in [5.74, 6) is 0. The van der Waals surface area contributed by atoms with Gasteiger partial charge in [-0.25, -0.2) is 0 Å². The topological polar surface area (TPSA) is 29.3 Å². The molecule has 0 spiro atoms.